The van der Waals surface area contributed by atoms with E-state index in [1.165, 1.54) is 13.8 Å². The van der Waals surface area contributed by atoms with Crippen LogP contribution >= 0.6 is 11.6 Å². The van der Waals surface area contributed by atoms with E-state index in [4.69, 9.17) is 16.3 Å². The van der Waals surface area contributed by atoms with Gasteiger partial charge >= 0.3 is 18.0 Å². The highest BCUT2D eigenvalue weighted by atomic mass is 35.5. The lowest BCUT2D eigenvalue weighted by molar-refractivity contribution is -0.162. The fraction of sp³-hybridized carbons (Fsp3) is 0.400. The normalized spacial score (nSPS) is 12.8. The monoisotopic (exact) mass is 343 g/mol. The van der Waals surface area contributed by atoms with Crippen molar-refractivity contribution in [1.82, 2.24) is 5.32 Å². The zero-order valence-corrected chi connectivity index (χ0v) is 13.5. The molecule has 0 saturated carbocycles. The Morgan fingerprint density at radius 2 is 2.00 bits per heavy atom. The molecule has 1 amide bonds. The quantitative estimate of drug-likeness (QED) is 0.581. The molecule has 0 unspecified atom stereocenters. The Kier molecular flexibility index (Phi) is 7.34. The van der Waals surface area contributed by atoms with Gasteiger partial charge in [-0.15, -0.1) is 0 Å². The summed E-state index contributed by atoms with van der Waals surface area (Å²) >= 11 is 5.86. The van der Waals surface area contributed by atoms with Crippen molar-refractivity contribution in [3.63, 3.8) is 0 Å². The molecule has 1 rings (SSSR count). The molecule has 0 aliphatic rings. The highest BCUT2D eigenvalue weighted by Crippen LogP contribution is 2.14. The van der Waals surface area contributed by atoms with E-state index in [1.54, 1.807) is 24.3 Å². The minimum Gasteiger partial charge on any atom is -0.481 e. The highest BCUT2D eigenvalue weighted by Gasteiger charge is 2.20. The predicted molar refractivity (Wildman–Crippen MR) is 82.0 cm³/mol. The van der Waals surface area contributed by atoms with Crippen LogP contribution in [-0.2, 0) is 25.5 Å². The second-order valence-electron chi connectivity index (χ2n) is 4.83. The Hall–Kier alpha value is -2.28. The molecule has 126 valence electrons. The first-order chi connectivity index (χ1) is 10.8. The largest absolute Gasteiger partial charge is 0.481 e. The number of aliphatic carboxylic acids is 1. The first kappa shape index (κ1) is 18.8. The van der Waals surface area contributed by atoms with Crippen molar-refractivity contribution in [3.05, 3.63) is 34.9 Å². The number of ether oxygens (including phenoxy) is 2. The van der Waals surface area contributed by atoms with Crippen molar-refractivity contribution in [2.24, 2.45) is 5.92 Å². The number of carbonyl (C=O) groups excluding carboxylic acids is 2. The van der Waals surface area contributed by atoms with Crippen molar-refractivity contribution in [1.29, 1.82) is 0 Å². The summed E-state index contributed by atoms with van der Waals surface area (Å²) in [6, 6.07) is 6.83. The molecule has 0 aliphatic carbocycles. The molecule has 0 spiro atoms. The summed E-state index contributed by atoms with van der Waals surface area (Å²) in [5, 5.41) is 12.1. The van der Waals surface area contributed by atoms with Crippen molar-refractivity contribution >= 4 is 29.6 Å². The van der Waals surface area contributed by atoms with E-state index in [2.05, 4.69) is 10.1 Å². The van der Waals surface area contributed by atoms with Gasteiger partial charge in [0.15, 0.2) is 0 Å². The van der Waals surface area contributed by atoms with E-state index in [0.717, 1.165) is 5.56 Å². The summed E-state index contributed by atoms with van der Waals surface area (Å²) in [7, 11) is 0. The summed E-state index contributed by atoms with van der Waals surface area (Å²) in [5.74, 6) is -2.49. The van der Waals surface area contributed by atoms with Gasteiger partial charge < -0.3 is 19.9 Å². The fourth-order valence-electron chi connectivity index (χ4n) is 1.85. The van der Waals surface area contributed by atoms with Crippen LogP contribution in [0.4, 0.5) is 4.79 Å². The summed E-state index contributed by atoms with van der Waals surface area (Å²) in [6.45, 7) is 2.43. The van der Waals surface area contributed by atoms with Gasteiger partial charge in [-0.2, -0.15) is 0 Å². The number of hydrogen-bond donors (Lipinski definition) is 2. The Morgan fingerprint density at radius 1 is 1.30 bits per heavy atom. The maximum Gasteiger partial charge on any atom is 0.410 e. The van der Waals surface area contributed by atoms with Gasteiger partial charge in [0.2, 0.25) is 6.29 Å². The molecule has 1 aromatic rings. The van der Waals surface area contributed by atoms with Crippen molar-refractivity contribution in [2.45, 2.75) is 26.6 Å². The molecule has 1 aromatic carbocycles. The van der Waals surface area contributed by atoms with Crippen LogP contribution in [0.5, 0.6) is 0 Å². The molecule has 0 radical (unpaired) electrons. The molecule has 0 saturated heterocycles. The van der Waals surface area contributed by atoms with Gasteiger partial charge in [0, 0.05) is 25.4 Å². The zero-order valence-electron chi connectivity index (χ0n) is 12.7. The molecule has 2 atom stereocenters. The molecule has 23 heavy (non-hydrogen) atoms. The van der Waals surface area contributed by atoms with Crippen LogP contribution in [0.15, 0.2) is 24.3 Å². The minimum absolute atomic E-state index is 0.131. The predicted octanol–water partition coefficient (Wildman–Crippen LogP) is 2.22. The number of amides is 1. The van der Waals surface area contributed by atoms with Gasteiger partial charge in [-0.25, -0.2) is 4.79 Å². The number of carbonyl (C=O) groups is 3. The molecular formula is C15H18ClNO6. The van der Waals surface area contributed by atoms with Crippen LogP contribution in [0, 0.1) is 5.92 Å². The number of benzene rings is 1. The van der Waals surface area contributed by atoms with Crippen LogP contribution in [0.2, 0.25) is 5.02 Å². The van der Waals surface area contributed by atoms with E-state index < -0.39 is 30.2 Å². The Labute approximate surface area is 138 Å². The number of esters is 1. The number of halogens is 1. The Morgan fingerprint density at radius 3 is 2.57 bits per heavy atom. The summed E-state index contributed by atoms with van der Waals surface area (Å²) < 4.78 is 9.38. The second-order valence-corrected chi connectivity index (χ2v) is 5.27. The van der Waals surface area contributed by atoms with Crippen molar-refractivity contribution in [3.8, 4) is 0 Å². The van der Waals surface area contributed by atoms with Crippen LogP contribution in [-0.4, -0.2) is 36.0 Å². The lowest BCUT2D eigenvalue weighted by atomic mass is 9.99. The van der Waals surface area contributed by atoms with Crippen LogP contribution in [0.3, 0.4) is 0 Å². The second kappa shape index (κ2) is 8.99. The third kappa shape index (κ3) is 7.51. The number of hydrogen-bond acceptors (Lipinski definition) is 5. The Bertz CT molecular complexity index is 577. The first-order valence-electron chi connectivity index (χ1n) is 6.87. The summed E-state index contributed by atoms with van der Waals surface area (Å²) in [5.41, 5.74) is 0.744. The van der Waals surface area contributed by atoms with Crippen molar-refractivity contribution in [2.75, 3.05) is 6.54 Å². The fourth-order valence-corrected chi connectivity index (χ4v) is 2.06. The minimum atomic E-state index is -1.06. The molecular weight excluding hydrogens is 326 g/mol. The van der Waals surface area contributed by atoms with Crippen LogP contribution in [0.1, 0.15) is 19.4 Å². The molecule has 0 heterocycles. The van der Waals surface area contributed by atoms with Crippen LogP contribution < -0.4 is 5.32 Å². The number of alkyl carbamates (subject to hydrolysis) is 1. The lowest BCUT2D eigenvalue weighted by Gasteiger charge is -2.16. The third-order valence-corrected chi connectivity index (χ3v) is 3.05. The van der Waals surface area contributed by atoms with E-state index >= 15 is 0 Å². The van der Waals surface area contributed by atoms with Gasteiger partial charge in [0.25, 0.3) is 0 Å². The summed E-state index contributed by atoms with van der Waals surface area (Å²) in [4.78, 5) is 33.5. The average Bonchev–Trinajstić information content (AvgIpc) is 2.42. The van der Waals surface area contributed by atoms with E-state index in [0.29, 0.717) is 5.02 Å². The SMILES string of the molecule is CC(=O)O[C@H](C)OC(=O)NC[C@H](Cc1cccc(Cl)c1)C(=O)O. The molecule has 0 bridgehead atoms. The van der Waals surface area contributed by atoms with E-state index in [1.807, 2.05) is 0 Å². The first-order valence-corrected chi connectivity index (χ1v) is 7.24. The molecule has 8 heteroatoms. The number of carboxylic acid groups (broad SMARTS) is 1. The lowest BCUT2D eigenvalue weighted by Crippen LogP contribution is -2.36. The van der Waals surface area contributed by atoms with Gasteiger partial charge in [0.05, 0.1) is 5.92 Å². The molecule has 7 nitrogen and oxygen atoms in total. The topological polar surface area (TPSA) is 102 Å². The van der Waals surface area contributed by atoms with Gasteiger partial charge in [-0.05, 0) is 24.1 Å². The standard InChI is InChI=1S/C15H18ClNO6/c1-9(18)22-10(2)23-15(21)17-8-12(14(19)20)6-11-4-3-5-13(16)7-11/h3-5,7,10,12H,6,8H2,1-2H3,(H,17,21)(H,19,20)/t10-,12-/m0/s1. The van der Waals surface area contributed by atoms with Gasteiger partial charge in [0.1, 0.15) is 0 Å². The number of rotatable bonds is 7. The molecule has 0 fully saturated rings. The van der Waals surface area contributed by atoms with Gasteiger partial charge in [-0.3, -0.25) is 9.59 Å². The summed E-state index contributed by atoms with van der Waals surface area (Å²) in [6.07, 6.45) is -1.71. The van der Waals surface area contributed by atoms with Gasteiger partial charge in [-0.1, -0.05) is 23.7 Å². The number of nitrogens with one attached hydrogen (secondary N) is 1. The number of carboxylic acids is 1. The zero-order chi connectivity index (χ0) is 17.4. The molecule has 2 N–H and O–H groups in total. The average molecular weight is 344 g/mol. The smallest absolute Gasteiger partial charge is 0.410 e. The molecule has 0 aliphatic heterocycles. The highest BCUT2D eigenvalue weighted by molar-refractivity contribution is 6.30. The van der Waals surface area contributed by atoms with Crippen molar-refractivity contribution < 1.29 is 29.0 Å². The van der Waals surface area contributed by atoms with Crippen LogP contribution in [0.25, 0.3) is 0 Å². The van der Waals surface area contributed by atoms with E-state index in [9.17, 15) is 19.5 Å². The Balaban J connectivity index is 2.52. The third-order valence-electron chi connectivity index (χ3n) is 2.82. The maximum atomic E-state index is 11.5. The molecule has 0 aromatic heterocycles. The maximum absolute atomic E-state index is 11.5. The van der Waals surface area contributed by atoms with E-state index in [-0.39, 0.29) is 13.0 Å².